The number of fused-ring (bicyclic) bond motifs is 1. The van der Waals surface area contributed by atoms with E-state index in [1.165, 1.54) is 0 Å². The second-order valence-corrected chi connectivity index (χ2v) is 5.62. The van der Waals surface area contributed by atoms with E-state index in [2.05, 4.69) is 10.1 Å². The second kappa shape index (κ2) is 6.58. The molecule has 1 aliphatic rings. The van der Waals surface area contributed by atoms with Gasteiger partial charge in [0.15, 0.2) is 6.04 Å². The highest BCUT2D eigenvalue weighted by Crippen LogP contribution is 2.28. The number of aromatic nitrogens is 2. The highest BCUT2D eigenvalue weighted by atomic mass is 16.6. The fourth-order valence-electron chi connectivity index (χ4n) is 2.81. The van der Waals surface area contributed by atoms with Gasteiger partial charge < -0.3 is 9.57 Å². The lowest BCUT2D eigenvalue weighted by Gasteiger charge is -2.24. The van der Waals surface area contributed by atoms with Crippen molar-refractivity contribution in [1.29, 1.82) is 0 Å². The van der Waals surface area contributed by atoms with Gasteiger partial charge in [0.2, 0.25) is 6.33 Å². The molecule has 2 heterocycles. The molecule has 0 aliphatic carbocycles. The SMILES string of the molecule is c1ccc(CO/N=C2\c3ccccc3OCC2[n+]2cc[nH]c2)cc1. The van der Waals surface area contributed by atoms with Gasteiger partial charge in [-0.15, -0.1) is 0 Å². The van der Waals surface area contributed by atoms with Gasteiger partial charge in [0.05, 0.1) is 0 Å². The number of hydrogen-bond donors (Lipinski definition) is 1. The third-order valence-corrected chi connectivity index (χ3v) is 4.04. The summed E-state index contributed by atoms with van der Waals surface area (Å²) in [5, 5.41) is 4.46. The third kappa shape index (κ3) is 2.88. The second-order valence-electron chi connectivity index (χ2n) is 5.62. The first kappa shape index (κ1) is 14.5. The van der Waals surface area contributed by atoms with Crippen LogP contribution in [0.1, 0.15) is 17.2 Å². The van der Waals surface area contributed by atoms with Crippen molar-refractivity contribution in [2.24, 2.45) is 5.16 Å². The minimum absolute atomic E-state index is 0.0260. The van der Waals surface area contributed by atoms with E-state index in [-0.39, 0.29) is 6.04 Å². The van der Waals surface area contributed by atoms with Gasteiger partial charge in [0.1, 0.15) is 37.1 Å². The Kier molecular flexibility index (Phi) is 3.98. The Morgan fingerprint density at radius 3 is 2.79 bits per heavy atom. The summed E-state index contributed by atoms with van der Waals surface area (Å²) in [4.78, 5) is 8.72. The number of para-hydroxylation sites is 1. The summed E-state index contributed by atoms with van der Waals surface area (Å²) in [5.41, 5.74) is 2.93. The van der Waals surface area contributed by atoms with E-state index in [1.807, 2.05) is 77.9 Å². The molecule has 1 aromatic heterocycles. The van der Waals surface area contributed by atoms with Crippen molar-refractivity contribution in [3.8, 4) is 5.75 Å². The maximum atomic E-state index is 5.88. The molecule has 0 bridgehead atoms. The van der Waals surface area contributed by atoms with Crippen LogP contribution in [0.4, 0.5) is 0 Å². The average molecular weight is 320 g/mol. The third-order valence-electron chi connectivity index (χ3n) is 4.04. The Bertz CT molecular complexity index is 829. The Hall–Kier alpha value is -3.08. The minimum atomic E-state index is -0.0260. The molecule has 1 atom stereocenters. The molecular weight excluding hydrogens is 302 g/mol. The van der Waals surface area contributed by atoms with Crippen molar-refractivity contribution in [2.75, 3.05) is 6.61 Å². The Balaban J connectivity index is 1.63. The van der Waals surface area contributed by atoms with Crippen LogP contribution in [0.3, 0.4) is 0 Å². The van der Waals surface area contributed by atoms with Crippen LogP contribution in [0, 0.1) is 0 Å². The van der Waals surface area contributed by atoms with Gasteiger partial charge in [-0.05, 0) is 17.7 Å². The number of hydrogen-bond acceptors (Lipinski definition) is 3. The lowest BCUT2D eigenvalue weighted by Crippen LogP contribution is -2.48. The molecule has 24 heavy (non-hydrogen) atoms. The molecule has 0 saturated heterocycles. The summed E-state index contributed by atoms with van der Waals surface area (Å²) < 4.78 is 7.93. The van der Waals surface area contributed by atoms with E-state index in [0.29, 0.717) is 13.2 Å². The summed E-state index contributed by atoms with van der Waals surface area (Å²) in [5.74, 6) is 0.840. The summed E-state index contributed by atoms with van der Waals surface area (Å²) in [6.45, 7) is 0.963. The molecule has 1 N–H and O–H groups in total. The number of nitrogens with one attached hydrogen (secondary N) is 1. The van der Waals surface area contributed by atoms with Gasteiger partial charge in [-0.25, -0.2) is 4.57 Å². The van der Waals surface area contributed by atoms with Crippen LogP contribution in [0.25, 0.3) is 0 Å². The first-order chi connectivity index (χ1) is 11.9. The van der Waals surface area contributed by atoms with Crippen LogP contribution in [0.5, 0.6) is 5.75 Å². The van der Waals surface area contributed by atoms with Crippen LogP contribution >= 0.6 is 0 Å². The average Bonchev–Trinajstić information content (AvgIpc) is 3.17. The first-order valence-electron chi connectivity index (χ1n) is 7.91. The quantitative estimate of drug-likeness (QED) is 0.593. The van der Waals surface area contributed by atoms with Crippen LogP contribution in [0.15, 0.2) is 78.5 Å². The predicted octanol–water partition coefficient (Wildman–Crippen LogP) is 2.86. The highest BCUT2D eigenvalue weighted by molar-refractivity contribution is 6.05. The maximum Gasteiger partial charge on any atom is 0.242 e. The van der Waals surface area contributed by atoms with E-state index < -0.39 is 0 Å². The highest BCUT2D eigenvalue weighted by Gasteiger charge is 2.32. The lowest BCUT2D eigenvalue weighted by atomic mass is 10.00. The molecule has 1 unspecified atom stereocenters. The van der Waals surface area contributed by atoms with Gasteiger partial charge in [0, 0.05) is 5.56 Å². The fourth-order valence-corrected chi connectivity index (χ4v) is 2.81. The van der Waals surface area contributed by atoms with Crippen LogP contribution in [-0.2, 0) is 11.4 Å². The van der Waals surface area contributed by atoms with Crippen LogP contribution in [0.2, 0.25) is 0 Å². The molecule has 4 rings (SSSR count). The number of benzene rings is 2. The van der Waals surface area contributed by atoms with Gasteiger partial charge in [-0.1, -0.05) is 47.6 Å². The molecule has 2 aromatic carbocycles. The standard InChI is InChI=1S/C19H17N3O2/c1-2-6-15(7-3-1)12-24-21-19-16-8-4-5-9-18(16)23-13-17(19)22-11-10-20-14-22/h1-11,14,17H,12-13H2/p+1/b21-19+. The molecule has 0 spiro atoms. The van der Waals surface area contributed by atoms with Crippen molar-refractivity contribution < 1.29 is 14.1 Å². The topological polar surface area (TPSA) is 50.5 Å². The Morgan fingerprint density at radius 1 is 1.12 bits per heavy atom. The number of nitrogens with zero attached hydrogens (tertiary/aromatic N) is 2. The molecule has 0 fully saturated rings. The van der Waals surface area contributed by atoms with Gasteiger partial charge in [-0.2, -0.15) is 0 Å². The summed E-state index contributed by atoms with van der Waals surface area (Å²) in [7, 11) is 0. The van der Waals surface area contributed by atoms with Crippen LogP contribution < -0.4 is 9.30 Å². The number of ether oxygens (including phenoxy) is 1. The molecule has 0 saturated carbocycles. The predicted molar refractivity (Wildman–Crippen MR) is 89.7 cm³/mol. The van der Waals surface area contributed by atoms with E-state index in [9.17, 15) is 0 Å². The molecule has 0 radical (unpaired) electrons. The molecule has 0 amide bonds. The zero-order valence-electron chi connectivity index (χ0n) is 13.1. The normalized spacial score (nSPS) is 18.0. The zero-order valence-corrected chi connectivity index (χ0v) is 13.1. The van der Waals surface area contributed by atoms with Crippen molar-refractivity contribution in [3.63, 3.8) is 0 Å². The molecule has 1 aliphatic heterocycles. The van der Waals surface area contributed by atoms with Gasteiger partial charge in [0.25, 0.3) is 0 Å². The fraction of sp³-hybridized carbons (Fsp3) is 0.158. The van der Waals surface area contributed by atoms with Crippen molar-refractivity contribution in [2.45, 2.75) is 12.6 Å². The molecule has 3 aromatic rings. The van der Waals surface area contributed by atoms with Gasteiger partial charge in [-0.3, -0.25) is 4.98 Å². The number of oxime groups is 1. The van der Waals surface area contributed by atoms with Crippen molar-refractivity contribution in [1.82, 2.24) is 4.98 Å². The monoisotopic (exact) mass is 320 g/mol. The lowest BCUT2D eigenvalue weighted by molar-refractivity contribution is -0.706. The number of rotatable bonds is 4. The Morgan fingerprint density at radius 2 is 1.96 bits per heavy atom. The number of H-pyrrole nitrogens is 1. The number of imidazole rings is 1. The van der Waals surface area contributed by atoms with Crippen molar-refractivity contribution >= 4 is 5.71 Å². The van der Waals surface area contributed by atoms with E-state index >= 15 is 0 Å². The van der Waals surface area contributed by atoms with E-state index in [4.69, 9.17) is 9.57 Å². The zero-order chi connectivity index (χ0) is 16.2. The summed E-state index contributed by atoms with van der Waals surface area (Å²) in [6.07, 6.45) is 5.74. The Labute approximate surface area is 140 Å². The summed E-state index contributed by atoms with van der Waals surface area (Å²) >= 11 is 0. The molecule has 120 valence electrons. The largest absolute Gasteiger partial charge is 0.488 e. The molecule has 5 nitrogen and oxygen atoms in total. The van der Waals surface area contributed by atoms with E-state index in [1.54, 1.807) is 0 Å². The molecule has 5 heteroatoms. The molecular formula is C19H18N3O2+. The number of aromatic amines is 1. The smallest absolute Gasteiger partial charge is 0.242 e. The summed E-state index contributed by atoms with van der Waals surface area (Å²) in [6, 6.07) is 17.9. The first-order valence-corrected chi connectivity index (χ1v) is 7.91. The maximum absolute atomic E-state index is 5.88. The van der Waals surface area contributed by atoms with Crippen molar-refractivity contribution in [3.05, 3.63) is 84.4 Å². The van der Waals surface area contributed by atoms with E-state index in [0.717, 1.165) is 22.6 Å². The van der Waals surface area contributed by atoms with Crippen LogP contribution in [-0.4, -0.2) is 17.3 Å². The van der Waals surface area contributed by atoms with Gasteiger partial charge >= 0.3 is 0 Å². The minimum Gasteiger partial charge on any atom is -0.488 e.